The van der Waals surface area contributed by atoms with Crippen LogP contribution in [0.5, 0.6) is 5.75 Å². The molecule has 1 heterocycles. The molecule has 35 heavy (non-hydrogen) atoms. The summed E-state index contributed by atoms with van der Waals surface area (Å²) in [5.41, 5.74) is 3.43. The Labute approximate surface area is 208 Å². The number of rotatable bonds is 14. The zero-order valence-corrected chi connectivity index (χ0v) is 20.5. The molecule has 4 nitrogen and oxygen atoms in total. The number of nitrogens with zero attached hydrogens (tertiary/aromatic N) is 1. The first-order valence-corrected chi connectivity index (χ1v) is 13.0. The molecule has 0 radical (unpaired) electrons. The van der Waals surface area contributed by atoms with E-state index in [-0.39, 0.29) is 11.8 Å². The van der Waals surface area contributed by atoms with E-state index in [1.165, 1.54) is 42.6 Å². The topological polar surface area (TPSA) is 46.6 Å². The number of benzene rings is 3. The molecular formula is C31H35NO3. The second-order valence-electron chi connectivity index (χ2n) is 9.20. The largest absolute Gasteiger partial charge is 0.493 e. The maximum absolute atomic E-state index is 12.4. The van der Waals surface area contributed by atoms with Crippen LogP contribution in [-0.2, 0) is 0 Å². The van der Waals surface area contributed by atoms with Gasteiger partial charge in [0.25, 0.3) is 11.8 Å². The second-order valence-corrected chi connectivity index (χ2v) is 9.20. The van der Waals surface area contributed by atoms with Gasteiger partial charge in [-0.25, -0.2) is 0 Å². The van der Waals surface area contributed by atoms with Crippen LogP contribution < -0.4 is 4.74 Å². The van der Waals surface area contributed by atoms with Crippen molar-refractivity contribution in [3.8, 4) is 16.9 Å². The van der Waals surface area contributed by atoms with Crippen LogP contribution in [0.4, 0.5) is 0 Å². The summed E-state index contributed by atoms with van der Waals surface area (Å²) in [4.78, 5) is 26.2. The van der Waals surface area contributed by atoms with Crippen LogP contribution in [0.15, 0.2) is 78.9 Å². The van der Waals surface area contributed by atoms with E-state index in [1.807, 2.05) is 24.3 Å². The summed E-state index contributed by atoms with van der Waals surface area (Å²) in [6.07, 6.45) is 10.3. The maximum atomic E-state index is 12.4. The standard InChI is InChI=1S/C31H35NO3/c33-30-27-20-11-12-21-28(27)31(34)32(30)23-15-6-4-2-1-3-5-7-16-24-35-29-22-14-13-19-26(29)25-17-9-8-10-18-25/h8-14,17-22H,1-7,15-16,23-24H2. The van der Waals surface area contributed by atoms with Crippen LogP contribution in [0.1, 0.15) is 78.5 Å². The monoisotopic (exact) mass is 469 g/mol. The number of hydrogen-bond acceptors (Lipinski definition) is 3. The first-order chi connectivity index (χ1) is 17.3. The highest BCUT2D eigenvalue weighted by molar-refractivity contribution is 6.21. The van der Waals surface area contributed by atoms with Gasteiger partial charge in [0.05, 0.1) is 17.7 Å². The smallest absolute Gasteiger partial charge is 0.261 e. The molecule has 2 amide bonds. The Balaban J connectivity index is 1.02. The van der Waals surface area contributed by atoms with Gasteiger partial charge in [-0.3, -0.25) is 14.5 Å². The van der Waals surface area contributed by atoms with Crippen molar-refractivity contribution in [2.45, 2.75) is 57.8 Å². The van der Waals surface area contributed by atoms with Crippen LogP contribution in [0.2, 0.25) is 0 Å². The highest BCUT2D eigenvalue weighted by atomic mass is 16.5. The molecule has 0 saturated heterocycles. The Kier molecular flexibility index (Phi) is 9.11. The lowest BCUT2D eigenvalue weighted by Crippen LogP contribution is -2.30. The molecule has 3 aromatic carbocycles. The highest BCUT2D eigenvalue weighted by Crippen LogP contribution is 2.29. The number of para-hydroxylation sites is 1. The molecule has 0 bridgehead atoms. The van der Waals surface area contributed by atoms with Gasteiger partial charge in [0.2, 0.25) is 0 Å². The minimum atomic E-state index is -0.141. The summed E-state index contributed by atoms with van der Waals surface area (Å²) >= 11 is 0. The van der Waals surface area contributed by atoms with E-state index in [0.717, 1.165) is 43.6 Å². The first kappa shape index (κ1) is 24.7. The van der Waals surface area contributed by atoms with Crippen molar-refractivity contribution >= 4 is 11.8 Å². The van der Waals surface area contributed by atoms with E-state index in [4.69, 9.17) is 4.74 Å². The van der Waals surface area contributed by atoms with Crippen molar-refractivity contribution in [3.05, 3.63) is 90.0 Å². The van der Waals surface area contributed by atoms with Crippen LogP contribution in [0.25, 0.3) is 11.1 Å². The third-order valence-electron chi connectivity index (χ3n) is 6.63. The molecule has 1 aliphatic heterocycles. The van der Waals surface area contributed by atoms with E-state index in [9.17, 15) is 9.59 Å². The third-order valence-corrected chi connectivity index (χ3v) is 6.63. The van der Waals surface area contributed by atoms with Crippen LogP contribution in [0, 0.1) is 0 Å². The Morgan fingerprint density at radius 3 is 1.63 bits per heavy atom. The average molecular weight is 470 g/mol. The lowest BCUT2D eigenvalue weighted by atomic mass is 10.0. The number of unbranched alkanes of at least 4 members (excludes halogenated alkanes) is 8. The number of fused-ring (bicyclic) bond motifs is 1. The molecule has 1 aliphatic rings. The Morgan fingerprint density at radius 1 is 0.514 bits per heavy atom. The van der Waals surface area contributed by atoms with Crippen molar-refractivity contribution in [1.82, 2.24) is 4.90 Å². The molecule has 0 atom stereocenters. The van der Waals surface area contributed by atoms with Crippen molar-refractivity contribution in [3.63, 3.8) is 0 Å². The van der Waals surface area contributed by atoms with E-state index in [2.05, 4.69) is 42.5 Å². The summed E-state index contributed by atoms with van der Waals surface area (Å²) in [5.74, 6) is 0.677. The average Bonchev–Trinajstić information content (AvgIpc) is 3.15. The van der Waals surface area contributed by atoms with E-state index in [1.54, 1.807) is 12.1 Å². The number of hydrogen-bond donors (Lipinski definition) is 0. The maximum Gasteiger partial charge on any atom is 0.261 e. The lowest BCUT2D eigenvalue weighted by molar-refractivity contribution is 0.0651. The van der Waals surface area contributed by atoms with Crippen LogP contribution in [-0.4, -0.2) is 29.9 Å². The lowest BCUT2D eigenvalue weighted by Gasteiger charge is -2.13. The quantitative estimate of drug-likeness (QED) is 0.181. The Bertz CT molecular complexity index is 1070. The molecule has 182 valence electrons. The van der Waals surface area contributed by atoms with Crippen molar-refractivity contribution in [2.75, 3.05) is 13.2 Å². The van der Waals surface area contributed by atoms with Crippen LogP contribution >= 0.6 is 0 Å². The van der Waals surface area contributed by atoms with E-state index >= 15 is 0 Å². The minimum Gasteiger partial charge on any atom is -0.493 e. The molecule has 4 rings (SSSR count). The van der Waals surface area contributed by atoms with Crippen molar-refractivity contribution in [2.24, 2.45) is 0 Å². The molecular weight excluding hydrogens is 434 g/mol. The number of carbonyl (C=O) groups is 2. The third kappa shape index (κ3) is 6.60. The van der Waals surface area contributed by atoms with Gasteiger partial charge in [0.1, 0.15) is 5.75 Å². The van der Waals surface area contributed by atoms with Gasteiger partial charge < -0.3 is 4.74 Å². The predicted molar refractivity (Wildman–Crippen MR) is 141 cm³/mol. The predicted octanol–water partition coefficient (Wildman–Crippen LogP) is 7.54. The molecule has 0 unspecified atom stereocenters. The van der Waals surface area contributed by atoms with E-state index in [0.29, 0.717) is 17.7 Å². The zero-order valence-electron chi connectivity index (χ0n) is 20.5. The number of carbonyl (C=O) groups excluding carboxylic acids is 2. The molecule has 0 fully saturated rings. The summed E-state index contributed by atoms with van der Waals surface area (Å²) in [7, 11) is 0. The fourth-order valence-corrected chi connectivity index (χ4v) is 4.68. The molecule has 0 aliphatic carbocycles. The summed E-state index contributed by atoms with van der Waals surface area (Å²) in [5, 5.41) is 0. The Hall–Kier alpha value is -3.40. The fourth-order valence-electron chi connectivity index (χ4n) is 4.68. The fraction of sp³-hybridized carbons (Fsp3) is 0.355. The first-order valence-electron chi connectivity index (χ1n) is 13.0. The molecule has 0 N–H and O–H groups in total. The molecule has 0 saturated carbocycles. The van der Waals surface area contributed by atoms with Crippen molar-refractivity contribution in [1.29, 1.82) is 0 Å². The Morgan fingerprint density at radius 2 is 1.00 bits per heavy atom. The molecule has 4 heteroatoms. The number of amides is 2. The summed E-state index contributed by atoms with van der Waals surface area (Å²) < 4.78 is 6.09. The van der Waals surface area contributed by atoms with Crippen molar-refractivity contribution < 1.29 is 14.3 Å². The van der Waals surface area contributed by atoms with Gasteiger partial charge in [0.15, 0.2) is 0 Å². The van der Waals surface area contributed by atoms with Gasteiger partial charge in [-0.2, -0.15) is 0 Å². The van der Waals surface area contributed by atoms with Gasteiger partial charge in [0, 0.05) is 12.1 Å². The number of ether oxygens (including phenoxy) is 1. The van der Waals surface area contributed by atoms with E-state index < -0.39 is 0 Å². The summed E-state index contributed by atoms with van der Waals surface area (Å²) in [6.45, 7) is 1.28. The second kappa shape index (κ2) is 12.9. The van der Waals surface area contributed by atoms with Gasteiger partial charge in [-0.05, 0) is 36.6 Å². The highest BCUT2D eigenvalue weighted by Gasteiger charge is 2.34. The normalized spacial score (nSPS) is 12.7. The molecule has 3 aromatic rings. The summed E-state index contributed by atoms with van der Waals surface area (Å²) in [6, 6.07) is 25.7. The van der Waals surface area contributed by atoms with Crippen LogP contribution in [0.3, 0.4) is 0 Å². The molecule has 0 spiro atoms. The molecule has 0 aromatic heterocycles. The SMILES string of the molecule is O=C1c2ccccc2C(=O)N1CCCCCCCCCCCOc1ccccc1-c1ccccc1. The van der Waals surface area contributed by atoms with Gasteiger partial charge >= 0.3 is 0 Å². The van der Waals surface area contributed by atoms with Gasteiger partial charge in [-0.15, -0.1) is 0 Å². The van der Waals surface area contributed by atoms with Gasteiger partial charge in [-0.1, -0.05) is 106 Å². The number of imide groups is 1. The minimum absolute atomic E-state index is 0.141. The zero-order chi connectivity index (χ0) is 24.3.